The number of imide groups is 2. The minimum Gasteiger partial charge on any atom is -0.436 e. The molecule has 0 unspecified atom stereocenters. The predicted octanol–water partition coefficient (Wildman–Crippen LogP) is 4.58. The molecule has 11 heteroatoms. The van der Waals surface area contributed by atoms with Crippen LogP contribution < -0.4 is 10.5 Å². The van der Waals surface area contributed by atoms with E-state index in [1.807, 2.05) is 0 Å². The normalized spacial score (nSPS) is 14.3. The SMILES string of the molecule is O=C1C(=O)N(c2ccccc2)C(=O)N1/N=c1\oc2ccc(Br)cc2cc1-c1ccc([N+](=O)[O-])cc1. The predicted molar refractivity (Wildman–Crippen MR) is 128 cm³/mol. The van der Waals surface area contributed by atoms with Crippen LogP contribution in [0.1, 0.15) is 0 Å². The number of carbonyl (C=O) groups is 3. The lowest BCUT2D eigenvalue weighted by Crippen LogP contribution is -2.32. The number of non-ortho nitro benzene ring substituents is 1. The number of fused-ring (bicyclic) bond motifs is 1. The third kappa shape index (κ3) is 3.97. The molecule has 1 aliphatic rings. The highest BCUT2D eigenvalue weighted by molar-refractivity contribution is 9.10. The Morgan fingerprint density at radius 3 is 2.29 bits per heavy atom. The number of hydrogen-bond donors (Lipinski definition) is 0. The Balaban J connectivity index is 1.68. The Morgan fingerprint density at radius 1 is 0.886 bits per heavy atom. The minimum absolute atomic E-state index is 0.110. The molecule has 4 aromatic rings. The first-order chi connectivity index (χ1) is 16.8. The van der Waals surface area contributed by atoms with Crippen LogP contribution in [0.25, 0.3) is 22.1 Å². The number of halogens is 1. The Kier molecular flexibility index (Phi) is 5.46. The number of nitro benzene ring substituents is 1. The average molecular weight is 533 g/mol. The zero-order chi connectivity index (χ0) is 24.7. The minimum atomic E-state index is -1.14. The molecule has 1 saturated heterocycles. The van der Waals surface area contributed by atoms with Gasteiger partial charge in [0, 0.05) is 27.6 Å². The fraction of sp³-hybridized carbons (Fsp3) is 0. The number of nitrogens with zero attached hydrogens (tertiary/aromatic N) is 4. The second kappa shape index (κ2) is 8.61. The van der Waals surface area contributed by atoms with Crippen molar-refractivity contribution < 1.29 is 23.7 Å². The van der Waals surface area contributed by atoms with Crippen LogP contribution in [-0.4, -0.2) is 27.8 Å². The third-order valence-electron chi connectivity index (χ3n) is 5.25. The van der Waals surface area contributed by atoms with Gasteiger partial charge in [0.25, 0.3) is 5.69 Å². The molecule has 3 aromatic carbocycles. The van der Waals surface area contributed by atoms with Crippen LogP contribution in [0.2, 0.25) is 0 Å². The quantitative estimate of drug-likeness (QED) is 0.164. The molecule has 5 rings (SSSR count). The molecule has 10 nitrogen and oxygen atoms in total. The average Bonchev–Trinajstić information content (AvgIpc) is 3.07. The first kappa shape index (κ1) is 22.2. The number of nitro groups is 1. The molecule has 0 spiro atoms. The first-order valence-corrected chi connectivity index (χ1v) is 10.9. The van der Waals surface area contributed by atoms with Crippen LogP contribution in [-0.2, 0) is 9.59 Å². The number of hydrogen-bond acceptors (Lipinski definition) is 7. The molecule has 35 heavy (non-hydrogen) atoms. The van der Waals surface area contributed by atoms with Crippen molar-refractivity contribution in [3.05, 3.63) is 99.0 Å². The van der Waals surface area contributed by atoms with Crippen molar-refractivity contribution in [3.63, 3.8) is 0 Å². The summed E-state index contributed by atoms with van der Waals surface area (Å²) in [5.41, 5.74) is 1.24. The fourth-order valence-corrected chi connectivity index (χ4v) is 3.96. The fourth-order valence-electron chi connectivity index (χ4n) is 3.58. The van der Waals surface area contributed by atoms with Gasteiger partial charge < -0.3 is 4.42 Å². The zero-order valence-electron chi connectivity index (χ0n) is 17.6. The van der Waals surface area contributed by atoms with Gasteiger partial charge >= 0.3 is 17.8 Å². The number of amides is 4. The van der Waals surface area contributed by atoms with Crippen LogP contribution in [0.5, 0.6) is 0 Å². The van der Waals surface area contributed by atoms with Crippen LogP contribution in [0.3, 0.4) is 0 Å². The number of rotatable bonds is 4. The van der Waals surface area contributed by atoms with Crippen molar-refractivity contribution in [2.75, 3.05) is 4.90 Å². The molecule has 4 amide bonds. The molecule has 0 bridgehead atoms. The highest BCUT2D eigenvalue weighted by Gasteiger charge is 2.46. The topological polar surface area (TPSA) is 126 Å². The summed E-state index contributed by atoms with van der Waals surface area (Å²) in [6, 6.07) is 19.6. The highest BCUT2D eigenvalue weighted by atomic mass is 79.9. The smallest absolute Gasteiger partial charge is 0.360 e. The number of urea groups is 1. The molecule has 0 radical (unpaired) electrons. The summed E-state index contributed by atoms with van der Waals surface area (Å²) >= 11 is 3.40. The Hall–Kier alpha value is -4.64. The van der Waals surface area contributed by atoms with Gasteiger partial charge in [-0.05, 0) is 54.1 Å². The van der Waals surface area contributed by atoms with Gasteiger partial charge in [0.05, 0.1) is 10.6 Å². The maximum absolute atomic E-state index is 13.0. The maximum atomic E-state index is 13.0. The van der Waals surface area contributed by atoms with E-state index in [0.29, 0.717) is 27.1 Å². The van der Waals surface area contributed by atoms with Crippen LogP contribution in [0, 0.1) is 10.1 Å². The van der Waals surface area contributed by atoms with Gasteiger partial charge in [-0.15, -0.1) is 10.1 Å². The lowest BCUT2D eigenvalue weighted by molar-refractivity contribution is -0.384. The molecular weight excluding hydrogens is 520 g/mol. The largest absolute Gasteiger partial charge is 0.436 e. The molecule has 1 fully saturated rings. The molecule has 1 aliphatic heterocycles. The molecule has 0 aliphatic carbocycles. The van der Waals surface area contributed by atoms with Gasteiger partial charge in [-0.1, -0.05) is 34.1 Å². The lowest BCUT2D eigenvalue weighted by Gasteiger charge is -2.12. The maximum Gasteiger partial charge on any atom is 0.360 e. The summed E-state index contributed by atoms with van der Waals surface area (Å²) in [5, 5.41) is 16.3. The van der Waals surface area contributed by atoms with E-state index in [1.54, 1.807) is 42.5 Å². The standard InChI is InChI=1S/C24H13BrN4O6/c25-16-8-11-20-15(12-16)13-19(14-6-9-18(10-7-14)29(33)34)21(35-20)26-28-23(31)22(30)27(24(28)32)17-4-2-1-3-5-17/h1-13H/b26-21-. The van der Waals surface area contributed by atoms with Gasteiger partial charge in [-0.2, -0.15) is 0 Å². The van der Waals surface area contributed by atoms with E-state index < -0.39 is 22.8 Å². The van der Waals surface area contributed by atoms with E-state index in [0.717, 1.165) is 9.37 Å². The summed E-state index contributed by atoms with van der Waals surface area (Å²) < 4.78 is 6.70. The number of para-hydroxylation sites is 1. The van der Waals surface area contributed by atoms with E-state index in [-0.39, 0.29) is 16.9 Å². The van der Waals surface area contributed by atoms with Crippen molar-refractivity contribution in [2.24, 2.45) is 5.10 Å². The Morgan fingerprint density at radius 2 is 1.60 bits per heavy atom. The molecule has 2 heterocycles. The van der Waals surface area contributed by atoms with Crippen molar-refractivity contribution in [3.8, 4) is 11.1 Å². The van der Waals surface area contributed by atoms with Gasteiger partial charge in [0.1, 0.15) is 5.58 Å². The summed E-state index contributed by atoms with van der Waals surface area (Å²) in [6.45, 7) is 0. The monoisotopic (exact) mass is 532 g/mol. The Bertz CT molecular complexity index is 1600. The molecule has 0 saturated carbocycles. The summed E-state index contributed by atoms with van der Waals surface area (Å²) in [4.78, 5) is 49.5. The summed E-state index contributed by atoms with van der Waals surface area (Å²) in [7, 11) is 0. The number of carbonyl (C=O) groups excluding carboxylic acids is 3. The number of benzene rings is 3. The second-order valence-corrected chi connectivity index (χ2v) is 8.34. The van der Waals surface area contributed by atoms with Crippen LogP contribution >= 0.6 is 15.9 Å². The second-order valence-electron chi connectivity index (χ2n) is 7.43. The summed E-state index contributed by atoms with van der Waals surface area (Å²) in [6.07, 6.45) is 0. The van der Waals surface area contributed by atoms with Gasteiger partial charge in [0.15, 0.2) is 0 Å². The van der Waals surface area contributed by atoms with Crippen LogP contribution in [0.4, 0.5) is 16.2 Å². The molecule has 1 aromatic heterocycles. The van der Waals surface area contributed by atoms with Crippen LogP contribution in [0.15, 0.2) is 92.9 Å². The van der Waals surface area contributed by atoms with E-state index in [4.69, 9.17) is 4.42 Å². The van der Waals surface area contributed by atoms with Gasteiger partial charge in [-0.3, -0.25) is 19.7 Å². The summed E-state index contributed by atoms with van der Waals surface area (Å²) in [5.74, 6) is -2.19. The third-order valence-corrected chi connectivity index (χ3v) is 5.75. The van der Waals surface area contributed by atoms with Gasteiger partial charge in [0.2, 0.25) is 5.55 Å². The van der Waals surface area contributed by atoms with Crippen molar-refractivity contribution in [1.29, 1.82) is 0 Å². The first-order valence-electron chi connectivity index (χ1n) is 10.1. The van der Waals surface area contributed by atoms with E-state index in [1.165, 1.54) is 36.4 Å². The van der Waals surface area contributed by atoms with Gasteiger partial charge in [-0.25, -0.2) is 9.69 Å². The van der Waals surface area contributed by atoms with Crippen molar-refractivity contribution >= 4 is 56.1 Å². The van der Waals surface area contributed by atoms with E-state index >= 15 is 0 Å². The molecular formula is C24H13BrN4O6. The van der Waals surface area contributed by atoms with E-state index in [2.05, 4.69) is 21.0 Å². The molecule has 172 valence electrons. The number of anilines is 1. The van der Waals surface area contributed by atoms with Crippen molar-refractivity contribution in [1.82, 2.24) is 5.01 Å². The highest BCUT2D eigenvalue weighted by Crippen LogP contribution is 2.26. The van der Waals surface area contributed by atoms with E-state index in [9.17, 15) is 24.5 Å². The zero-order valence-corrected chi connectivity index (χ0v) is 19.2. The molecule has 0 atom stereocenters. The Labute approximate surface area is 205 Å². The molecule has 0 N–H and O–H groups in total. The van der Waals surface area contributed by atoms with Crippen molar-refractivity contribution in [2.45, 2.75) is 0 Å². The lowest BCUT2D eigenvalue weighted by atomic mass is 10.1.